The number of nitrogens with one attached hydrogen (secondary N) is 1. The van der Waals surface area contributed by atoms with Crippen LogP contribution in [0.1, 0.15) is 41.6 Å². The number of aliphatic carboxylic acids is 1. The van der Waals surface area contributed by atoms with Gasteiger partial charge in [0.15, 0.2) is 6.04 Å². The molecule has 7 heteroatoms. The number of morpholine rings is 1. The highest BCUT2D eigenvalue weighted by molar-refractivity contribution is 5.96. The number of rotatable bonds is 5. The molecule has 26 heavy (non-hydrogen) atoms. The van der Waals surface area contributed by atoms with E-state index in [1.807, 2.05) is 0 Å². The first kappa shape index (κ1) is 18.4. The van der Waals surface area contributed by atoms with Gasteiger partial charge in [-0.3, -0.25) is 9.59 Å². The molecule has 1 aromatic rings. The minimum absolute atomic E-state index is 0.00630. The van der Waals surface area contributed by atoms with Crippen molar-refractivity contribution >= 4 is 17.8 Å². The van der Waals surface area contributed by atoms with Crippen molar-refractivity contribution in [2.75, 3.05) is 19.8 Å². The highest BCUT2D eigenvalue weighted by atomic mass is 16.5. The minimum atomic E-state index is -1.07. The van der Waals surface area contributed by atoms with E-state index >= 15 is 0 Å². The summed E-state index contributed by atoms with van der Waals surface area (Å²) in [4.78, 5) is 37.3. The number of hydrogen-bond acceptors (Lipinski definition) is 4. The SMILES string of the molecule is O=C(NCc1ccc(C(=O)N2CCOCC2C(=O)O)cc1)C1CCCC1. The van der Waals surface area contributed by atoms with Gasteiger partial charge in [0.05, 0.1) is 13.2 Å². The third-order valence-electron chi connectivity index (χ3n) is 5.07. The Bertz CT molecular complexity index is 667. The fraction of sp³-hybridized carbons (Fsp3) is 0.526. The lowest BCUT2D eigenvalue weighted by atomic mass is 10.1. The van der Waals surface area contributed by atoms with E-state index in [-0.39, 0.29) is 30.9 Å². The van der Waals surface area contributed by atoms with Crippen LogP contribution in [0, 0.1) is 5.92 Å². The van der Waals surface area contributed by atoms with Crippen molar-refractivity contribution in [3.05, 3.63) is 35.4 Å². The lowest BCUT2D eigenvalue weighted by molar-refractivity contribution is -0.147. The van der Waals surface area contributed by atoms with E-state index in [2.05, 4.69) is 5.32 Å². The molecule has 0 aromatic heterocycles. The predicted octanol–water partition coefficient (Wildman–Crippen LogP) is 1.42. The summed E-state index contributed by atoms with van der Waals surface area (Å²) in [5.41, 5.74) is 1.34. The zero-order valence-electron chi connectivity index (χ0n) is 14.6. The first-order chi connectivity index (χ1) is 12.6. The smallest absolute Gasteiger partial charge is 0.328 e. The van der Waals surface area contributed by atoms with E-state index in [1.54, 1.807) is 24.3 Å². The number of amides is 2. The predicted molar refractivity (Wildman–Crippen MR) is 93.5 cm³/mol. The summed E-state index contributed by atoms with van der Waals surface area (Å²) in [7, 11) is 0. The van der Waals surface area contributed by atoms with Crippen LogP contribution in [-0.4, -0.2) is 53.6 Å². The molecule has 1 aromatic carbocycles. The molecule has 2 amide bonds. The molecule has 1 heterocycles. The Hall–Kier alpha value is -2.41. The summed E-state index contributed by atoms with van der Waals surface area (Å²) in [6.45, 7) is 1.03. The van der Waals surface area contributed by atoms with Gasteiger partial charge in [0.1, 0.15) is 0 Å². The maximum atomic E-state index is 12.6. The molecule has 1 saturated carbocycles. The Morgan fingerprint density at radius 3 is 2.50 bits per heavy atom. The largest absolute Gasteiger partial charge is 0.480 e. The van der Waals surface area contributed by atoms with E-state index in [4.69, 9.17) is 4.74 Å². The van der Waals surface area contributed by atoms with E-state index in [1.165, 1.54) is 4.90 Å². The lowest BCUT2D eigenvalue weighted by Gasteiger charge is -2.32. The second-order valence-electron chi connectivity index (χ2n) is 6.82. The van der Waals surface area contributed by atoms with Crippen molar-refractivity contribution in [3.63, 3.8) is 0 Å². The number of carboxylic acids is 1. The Morgan fingerprint density at radius 2 is 1.85 bits per heavy atom. The average molecular weight is 360 g/mol. The van der Waals surface area contributed by atoms with Crippen molar-refractivity contribution < 1.29 is 24.2 Å². The monoisotopic (exact) mass is 360 g/mol. The third-order valence-corrected chi connectivity index (χ3v) is 5.07. The van der Waals surface area contributed by atoms with Crippen LogP contribution in [0.15, 0.2) is 24.3 Å². The van der Waals surface area contributed by atoms with E-state index in [9.17, 15) is 19.5 Å². The third kappa shape index (κ3) is 4.22. The highest BCUT2D eigenvalue weighted by Crippen LogP contribution is 2.24. The summed E-state index contributed by atoms with van der Waals surface area (Å²) in [5.74, 6) is -1.16. The van der Waals surface area contributed by atoms with Crippen LogP contribution in [0.5, 0.6) is 0 Å². The first-order valence-corrected chi connectivity index (χ1v) is 9.04. The molecule has 2 aliphatic rings. The van der Waals surface area contributed by atoms with Crippen LogP contribution in [0.4, 0.5) is 0 Å². The molecule has 0 spiro atoms. The molecule has 1 unspecified atom stereocenters. The van der Waals surface area contributed by atoms with E-state index in [0.29, 0.717) is 18.7 Å². The van der Waals surface area contributed by atoms with Gasteiger partial charge in [-0.25, -0.2) is 4.79 Å². The topological polar surface area (TPSA) is 95.9 Å². The van der Waals surface area contributed by atoms with Crippen LogP contribution < -0.4 is 5.32 Å². The van der Waals surface area contributed by atoms with Gasteiger partial charge in [-0.2, -0.15) is 0 Å². The quantitative estimate of drug-likeness (QED) is 0.828. The number of hydrogen-bond donors (Lipinski definition) is 2. The zero-order chi connectivity index (χ0) is 18.5. The van der Waals surface area contributed by atoms with Crippen LogP contribution in [0.3, 0.4) is 0 Å². The first-order valence-electron chi connectivity index (χ1n) is 9.04. The second kappa shape index (κ2) is 8.31. The van der Waals surface area contributed by atoms with Crippen molar-refractivity contribution in [3.8, 4) is 0 Å². The number of nitrogens with zero attached hydrogens (tertiary/aromatic N) is 1. The lowest BCUT2D eigenvalue weighted by Crippen LogP contribution is -2.52. The summed E-state index contributed by atoms with van der Waals surface area (Å²) >= 11 is 0. The zero-order valence-corrected chi connectivity index (χ0v) is 14.6. The van der Waals surface area contributed by atoms with Gasteiger partial charge < -0.3 is 20.1 Å². The molecule has 2 fully saturated rings. The molecule has 2 N–H and O–H groups in total. The molecule has 1 aliphatic carbocycles. The summed E-state index contributed by atoms with van der Waals surface area (Å²) in [6, 6.07) is 5.97. The van der Waals surface area contributed by atoms with Gasteiger partial charge >= 0.3 is 5.97 Å². The molecule has 1 atom stereocenters. The normalized spacial score (nSPS) is 20.8. The van der Waals surface area contributed by atoms with E-state index in [0.717, 1.165) is 31.2 Å². The van der Waals surface area contributed by atoms with Crippen molar-refractivity contribution in [1.29, 1.82) is 0 Å². The summed E-state index contributed by atoms with van der Waals surface area (Å²) < 4.78 is 5.16. The Labute approximate surface area is 152 Å². The molecule has 140 valence electrons. The maximum absolute atomic E-state index is 12.6. The molecule has 3 rings (SSSR count). The maximum Gasteiger partial charge on any atom is 0.328 e. The number of carboxylic acid groups (broad SMARTS) is 1. The second-order valence-corrected chi connectivity index (χ2v) is 6.82. The number of benzene rings is 1. The number of carbonyl (C=O) groups excluding carboxylic acids is 2. The van der Waals surface area contributed by atoms with Crippen LogP contribution in [0.25, 0.3) is 0 Å². The van der Waals surface area contributed by atoms with Crippen molar-refractivity contribution in [2.24, 2.45) is 5.92 Å². The van der Waals surface area contributed by atoms with Crippen LogP contribution in [-0.2, 0) is 20.9 Å². The van der Waals surface area contributed by atoms with Crippen LogP contribution in [0.2, 0.25) is 0 Å². The molecule has 1 aliphatic heterocycles. The van der Waals surface area contributed by atoms with Gasteiger partial charge in [-0.05, 0) is 30.5 Å². The van der Waals surface area contributed by atoms with Gasteiger partial charge in [-0.1, -0.05) is 25.0 Å². The van der Waals surface area contributed by atoms with Gasteiger partial charge in [0.25, 0.3) is 5.91 Å². The van der Waals surface area contributed by atoms with E-state index < -0.39 is 12.0 Å². The van der Waals surface area contributed by atoms with Crippen molar-refractivity contribution in [2.45, 2.75) is 38.3 Å². The Morgan fingerprint density at radius 1 is 1.15 bits per heavy atom. The standard InChI is InChI=1S/C19H24N2O5/c22-17(14-3-1-2-4-14)20-11-13-5-7-15(8-6-13)18(23)21-9-10-26-12-16(21)19(24)25/h5-8,14,16H,1-4,9-12H2,(H,20,22)(H,24,25). The number of ether oxygens (including phenoxy) is 1. The fourth-order valence-corrected chi connectivity index (χ4v) is 3.50. The molecule has 7 nitrogen and oxygen atoms in total. The van der Waals surface area contributed by atoms with Gasteiger partial charge in [0, 0.05) is 24.6 Å². The summed E-state index contributed by atoms with van der Waals surface area (Å²) in [6.07, 6.45) is 4.16. The summed E-state index contributed by atoms with van der Waals surface area (Å²) in [5, 5.41) is 12.2. The molecule has 0 bridgehead atoms. The molecular weight excluding hydrogens is 336 g/mol. The average Bonchev–Trinajstić information content (AvgIpc) is 3.21. The van der Waals surface area contributed by atoms with Gasteiger partial charge in [-0.15, -0.1) is 0 Å². The van der Waals surface area contributed by atoms with Crippen molar-refractivity contribution in [1.82, 2.24) is 10.2 Å². The molecular formula is C19H24N2O5. The molecule has 0 radical (unpaired) electrons. The Kier molecular flexibility index (Phi) is 5.88. The highest BCUT2D eigenvalue weighted by Gasteiger charge is 2.33. The van der Waals surface area contributed by atoms with Gasteiger partial charge in [0.2, 0.25) is 5.91 Å². The minimum Gasteiger partial charge on any atom is -0.480 e. The Balaban J connectivity index is 1.58. The molecule has 1 saturated heterocycles. The fourth-order valence-electron chi connectivity index (χ4n) is 3.50. The number of carbonyl (C=O) groups is 3. The van der Waals surface area contributed by atoms with Crippen LogP contribution >= 0.6 is 0 Å².